The first-order valence-corrected chi connectivity index (χ1v) is 15.7. The van der Waals surface area contributed by atoms with Crippen LogP contribution < -0.4 is 5.32 Å². The smallest absolute Gasteiger partial charge is 0.308 e. The van der Waals surface area contributed by atoms with Gasteiger partial charge in [-0.25, -0.2) is 4.98 Å². The van der Waals surface area contributed by atoms with Gasteiger partial charge < -0.3 is 19.7 Å². The third kappa shape index (κ3) is 9.37. The Kier molecular flexibility index (Phi) is 12.5. The van der Waals surface area contributed by atoms with Crippen LogP contribution in [-0.4, -0.2) is 59.9 Å². The molecule has 0 radical (unpaired) electrons. The molecule has 1 fully saturated rings. The molecule has 1 aliphatic rings. The number of hydrogen-bond donors (Lipinski definition) is 1. The summed E-state index contributed by atoms with van der Waals surface area (Å²) >= 11 is 1.25. The van der Waals surface area contributed by atoms with Crippen molar-refractivity contribution in [2.45, 2.75) is 90.8 Å². The molecule has 1 N–H and O–H groups in total. The van der Waals surface area contributed by atoms with Crippen LogP contribution in [0.4, 0.5) is 0 Å². The van der Waals surface area contributed by atoms with Crippen LogP contribution in [0.15, 0.2) is 35.7 Å². The van der Waals surface area contributed by atoms with Gasteiger partial charge in [-0.05, 0) is 37.2 Å². The lowest BCUT2D eigenvalue weighted by molar-refractivity contribution is -0.149. The van der Waals surface area contributed by atoms with Crippen LogP contribution in [0.2, 0.25) is 0 Å². The molecule has 2 amide bonds. The summed E-state index contributed by atoms with van der Waals surface area (Å²) in [6.07, 6.45) is 4.60. The van der Waals surface area contributed by atoms with Crippen molar-refractivity contribution in [3.8, 4) is 0 Å². The van der Waals surface area contributed by atoms with Gasteiger partial charge in [-0.2, -0.15) is 0 Å². The van der Waals surface area contributed by atoms with Gasteiger partial charge >= 0.3 is 11.9 Å². The van der Waals surface area contributed by atoms with Crippen LogP contribution in [0.3, 0.4) is 0 Å². The molecule has 0 spiro atoms. The molecule has 1 saturated carbocycles. The Morgan fingerprint density at radius 1 is 1.07 bits per heavy atom. The van der Waals surface area contributed by atoms with Crippen LogP contribution in [0, 0.1) is 17.8 Å². The second-order valence-corrected chi connectivity index (χ2v) is 12.6. The van der Waals surface area contributed by atoms with Crippen LogP contribution in [0.5, 0.6) is 0 Å². The highest BCUT2D eigenvalue weighted by molar-refractivity contribution is 7.09. The fourth-order valence-corrected chi connectivity index (χ4v) is 6.58. The SMILES string of the molecule is COC(=O)C(C)CC(Cc1ccccc1)NC(=O)c1csc(C(CC(C(C)C)N(C)C(=O)C2CCCC2)OC(C)=O)n1. The van der Waals surface area contributed by atoms with Crippen molar-refractivity contribution in [1.82, 2.24) is 15.2 Å². The van der Waals surface area contributed by atoms with E-state index in [9.17, 15) is 19.2 Å². The molecule has 4 atom stereocenters. The van der Waals surface area contributed by atoms with Crippen molar-refractivity contribution in [2.75, 3.05) is 14.2 Å². The number of amides is 2. The quantitative estimate of drug-likeness (QED) is 0.291. The topological polar surface area (TPSA) is 115 Å². The Morgan fingerprint density at radius 2 is 1.74 bits per heavy atom. The van der Waals surface area contributed by atoms with Crippen molar-refractivity contribution in [1.29, 1.82) is 0 Å². The first-order valence-electron chi connectivity index (χ1n) is 14.8. The summed E-state index contributed by atoms with van der Waals surface area (Å²) in [6, 6.07) is 9.25. The lowest BCUT2D eigenvalue weighted by Gasteiger charge is -2.35. The van der Waals surface area contributed by atoms with Crippen LogP contribution in [-0.2, 0) is 30.3 Å². The molecule has 0 saturated heterocycles. The molecule has 1 aromatic carbocycles. The zero-order valence-electron chi connectivity index (χ0n) is 25.6. The van der Waals surface area contributed by atoms with E-state index in [1.165, 1.54) is 25.4 Å². The van der Waals surface area contributed by atoms with Gasteiger partial charge in [-0.3, -0.25) is 19.2 Å². The lowest BCUT2D eigenvalue weighted by Crippen LogP contribution is -2.44. The van der Waals surface area contributed by atoms with Crippen molar-refractivity contribution in [2.24, 2.45) is 17.8 Å². The highest BCUT2D eigenvalue weighted by Crippen LogP contribution is 2.33. The zero-order valence-corrected chi connectivity index (χ0v) is 26.4. The summed E-state index contributed by atoms with van der Waals surface area (Å²) in [6.45, 7) is 7.23. The minimum atomic E-state index is -0.695. The summed E-state index contributed by atoms with van der Waals surface area (Å²) in [5.41, 5.74) is 1.25. The molecule has 0 aliphatic heterocycles. The molecule has 1 aliphatic carbocycles. The van der Waals surface area contributed by atoms with Gasteiger partial charge in [0, 0.05) is 43.8 Å². The van der Waals surface area contributed by atoms with Crippen LogP contribution in [0.1, 0.15) is 93.4 Å². The maximum Gasteiger partial charge on any atom is 0.308 e. The first-order chi connectivity index (χ1) is 20.0. The normalized spacial score (nSPS) is 16.4. The highest BCUT2D eigenvalue weighted by atomic mass is 32.1. The van der Waals surface area contributed by atoms with Crippen LogP contribution in [0.25, 0.3) is 0 Å². The summed E-state index contributed by atoms with van der Waals surface area (Å²) in [5, 5.41) is 5.20. The Labute approximate surface area is 253 Å². The third-order valence-corrected chi connectivity index (χ3v) is 8.95. The van der Waals surface area contributed by atoms with E-state index in [4.69, 9.17) is 9.47 Å². The number of carbonyl (C=O) groups excluding carboxylic acids is 4. The highest BCUT2D eigenvalue weighted by Gasteiger charge is 2.34. The molecule has 3 rings (SSSR count). The number of hydrogen-bond acceptors (Lipinski definition) is 8. The lowest BCUT2D eigenvalue weighted by atomic mass is 9.94. The molecule has 42 heavy (non-hydrogen) atoms. The average Bonchev–Trinajstić information content (AvgIpc) is 3.67. The molecular weight excluding hydrogens is 554 g/mol. The largest absolute Gasteiger partial charge is 0.469 e. The number of aromatic nitrogens is 1. The summed E-state index contributed by atoms with van der Waals surface area (Å²) in [7, 11) is 3.19. The van der Waals surface area contributed by atoms with E-state index in [1.54, 1.807) is 12.3 Å². The monoisotopic (exact) mass is 599 g/mol. The minimum Gasteiger partial charge on any atom is -0.469 e. The van der Waals surface area contributed by atoms with E-state index in [2.05, 4.69) is 24.1 Å². The molecule has 2 aromatic rings. The second kappa shape index (κ2) is 15.8. The van der Waals surface area contributed by atoms with E-state index >= 15 is 0 Å². The minimum absolute atomic E-state index is 0.0457. The molecule has 10 heteroatoms. The van der Waals surface area contributed by atoms with Gasteiger partial charge in [-0.15, -0.1) is 11.3 Å². The Balaban J connectivity index is 1.77. The predicted molar refractivity (Wildman–Crippen MR) is 162 cm³/mol. The van der Waals surface area contributed by atoms with E-state index in [1.807, 2.05) is 42.3 Å². The summed E-state index contributed by atoms with van der Waals surface area (Å²) in [4.78, 5) is 57.2. The first kappa shape index (κ1) is 33.2. The molecule has 1 aromatic heterocycles. The van der Waals surface area contributed by atoms with Gasteiger partial charge in [0.1, 0.15) is 10.7 Å². The fourth-order valence-electron chi connectivity index (χ4n) is 5.74. The van der Waals surface area contributed by atoms with Gasteiger partial charge in [0.05, 0.1) is 13.0 Å². The average molecular weight is 600 g/mol. The van der Waals surface area contributed by atoms with Crippen molar-refractivity contribution < 1.29 is 28.7 Å². The number of rotatable bonds is 14. The number of thiazole rings is 1. The predicted octanol–water partition coefficient (Wildman–Crippen LogP) is 5.35. The molecule has 0 bridgehead atoms. The molecular formula is C32H45N3O6S. The van der Waals surface area contributed by atoms with Crippen LogP contribution >= 0.6 is 11.3 Å². The molecule has 9 nitrogen and oxygen atoms in total. The summed E-state index contributed by atoms with van der Waals surface area (Å²) in [5.74, 6) is -1.25. The van der Waals surface area contributed by atoms with E-state index in [-0.39, 0.29) is 47.4 Å². The van der Waals surface area contributed by atoms with Gasteiger partial charge in [-0.1, -0.05) is 63.9 Å². The Bertz CT molecular complexity index is 1190. The van der Waals surface area contributed by atoms with Crippen molar-refractivity contribution in [3.05, 3.63) is 52.0 Å². The number of nitrogens with zero attached hydrogens (tertiary/aromatic N) is 2. The van der Waals surface area contributed by atoms with Gasteiger partial charge in [0.2, 0.25) is 5.91 Å². The molecule has 230 valence electrons. The van der Waals surface area contributed by atoms with E-state index < -0.39 is 18.0 Å². The Morgan fingerprint density at radius 3 is 2.33 bits per heavy atom. The number of methoxy groups -OCH3 is 1. The third-order valence-electron chi connectivity index (χ3n) is 8.01. The number of esters is 2. The number of carbonyl (C=O) groups is 4. The standard InChI is InChI=1S/C32H45N3O6S/c1-20(2)27(35(5)31(38)24-14-10-11-15-24)18-28(41-22(4)36)30-34-26(19-42-30)29(37)33-25(16-21(3)32(39)40-6)17-23-12-8-7-9-13-23/h7-9,12-13,19-21,24-25,27-28H,10-11,14-18H2,1-6H3,(H,33,37). The maximum atomic E-state index is 13.4. The van der Waals surface area contributed by atoms with E-state index in [0.717, 1.165) is 31.2 Å². The number of benzene rings is 1. The number of nitrogens with one attached hydrogen (secondary N) is 1. The molecule has 4 unspecified atom stereocenters. The number of ether oxygens (including phenoxy) is 2. The van der Waals surface area contributed by atoms with E-state index in [0.29, 0.717) is 24.3 Å². The zero-order chi connectivity index (χ0) is 30.8. The van der Waals surface area contributed by atoms with Gasteiger partial charge in [0.25, 0.3) is 5.91 Å². The second-order valence-electron chi connectivity index (χ2n) is 11.7. The summed E-state index contributed by atoms with van der Waals surface area (Å²) < 4.78 is 10.6. The van der Waals surface area contributed by atoms with Crippen molar-refractivity contribution in [3.63, 3.8) is 0 Å². The van der Waals surface area contributed by atoms with Gasteiger partial charge in [0.15, 0.2) is 6.10 Å². The van der Waals surface area contributed by atoms with Crippen molar-refractivity contribution >= 4 is 35.1 Å². The fraction of sp³-hybridized carbons (Fsp3) is 0.594. The molecule has 1 heterocycles. The Hall–Kier alpha value is -3.27. The maximum absolute atomic E-state index is 13.4.